The number of benzene rings is 1. The molecule has 0 heterocycles. The summed E-state index contributed by atoms with van der Waals surface area (Å²) in [6.07, 6.45) is 1.46. The van der Waals surface area contributed by atoms with Crippen molar-refractivity contribution in [2.24, 2.45) is 0 Å². The number of anilines is 1. The summed E-state index contributed by atoms with van der Waals surface area (Å²) in [4.78, 5) is 0. The van der Waals surface area contributed by atoms with Gasteiger partial charge in [0.25, 0.3) is 0 Å². The Hall–Kier alpha value is -0.300. The van der Waals surface area contributed by atoms with Crippen LogP contribution in [0.2, 0.25) is 5.02 Å². The lowest BCUT2D eigenvalue weighted by Gasteiger charge is -2.11. The van der Waals surface area contributed by atoms with Gasteiger partial charge in [-0.2, -0.15) is 0 Å². The number of unbranched alkanes of at least 4 members (excludes halogenated alkanes) is 1. The molecular weight excluding hydrogens is 364 g/mol. The van der Waals surface area contributed by atoms with E-state index in [1.807, 2.05) is 0 Å². The van der Waals surface area contributed by atoms with Crippen LogP contribution in [0.4, 0.5) is 5.69 Å². The molecule has 0 unspecified atom stereocenters. The van der Waals surface area contributed by atoms with Gasteiger partial charge in [0, 0.05) is 15.5 Å². The molecule has 114 valence electrons. The Kier molecular flexibility index (Phi) is 7.29. The fourth-order valence-corrected chi connectivity index (χ4v) is 3.71. The van der Waals surface area contributed by atoms with Gasteiger partial charge in [0.1, 0.15) is 0 Å². The first-order valence-corrected chi connectivity index (χ1v) is 9.31. The Balaban J connectivity index is 2.45. The summed E-state index contributed by atoms with van der Waals surface area (Å²) in [5.41, 5.74) is 0.509. The normalized spacial score (nSPS) is 11.8. The van der Waals surface area contributed by atoms with E-state index in [2.05, 4.69) is 39.8 Å². The first-order valence-electron chi connectivity index (χ1n) is 6.49. The standard InChI is InChI=1S/C13H20BrClN2O2S/c1-10(2)16-7-3-4-8-20(18,19)17-13-6-5-11(15)9-12(13)14/h5-6,9-10,16-17H,3-4,7-8H2,1-2H3. The van der Waals surface area contributed by atoms with Crippen LogP contribution in [0.1, 0.15) is 26.7 Å². The molecule has 0 spiro atoms. The van der Waals surface area contributed by atoms with Crippen LogP contribution in [0.15, 0.2) is 22.7 Å². The molecule has 20 heavy (non-hydrogen) atoms. The molecule has 0 bridgehead atoms. The van der Waals surface area contributed by atoms with Gasteiger partial charge >= 0.3 is 0 Å². The molecule has 0 radical (unpaired) electrons. The van der Waals surface area contributed by atoms with Gasteiger partial charge in [0.05, 0.1) is 11.4 Å². The minimum atomic E-state index is -3.32. The van der Waals surface area contributed by atoms with Crippen LogP contribution in [0.25, 0.3) is 0 Å². The number of halogens is 2. The number of sulfonamides is 1. The van der Waals surface area contributed by atoms with Crippen LogP contribution in [-0.4, -0.2) is 26.8 Å². The van der Waals surface area contributed by atoms with E-state index in [1.54, 1.807) is 18.2 Å². The maximum Gasteiger partial charge on any atom is 0.232 e. The van der Waals surface area contributed by atoms with E-state index in [0.29, 0.717) is 27.6 Å². The highest BCUT2D eigenvalue weighted by Crippen LogP contribution is 2.26. The van der Waals surface area contributed by atoms with Gasteiger partial charge in [0.2, 0.25) is 10.0 Å². The summed E-state index contributed by atoms with van der Waals surface area (Å²) >= 11 is 9.11. The third-order valence-corrected chi connectivity index (χ3v) is 4.84. The van der Waals surface area contributed by atoms with Crippen molar-refractivity contribution in [3.63, 3.8) is 0 Å². The molecule has 0 fully saturated rings. The van der Waals surface area contributed by atoms with E-state index in [1.165, 1.54) is 0 Å². The molecule has 7 heteroatoms. The van der Waals surface area contributed by atoms with Crippen LogP contribution in [-0.2, 0) is 10.0 Å². The fraction of sp³-hybridized carbons (Fsp3) is 0.538. The zero-order valence-corrected chi connectivity index (χ0v) is 14.8. The fourth-order valence-electron chi connectivity index (χ4n) is 1.60. The van der Waals surface area contributed by atoms with Crippen LogP contribution in [0.3, 0.4) is 0 Å². The number of hydrogen-bond donors (Lipinski definition) is 2. The molecule has 0 amide bonds. The van der Waals surface area contributed by atoms with E-state index in [4.69, 9.17) is 11.6 Å². The van der Waals surface area contributed by atoms with Gasteiger partial charge in [0.15, 0.2) is 0 Å². The minimum absolute atomic E-state index is 0.113. The van der Waals surface area contributed by atoms with Crippen LogP contribution in [0, 0.1) is 0 Å². The smallest absolute Gasteiger partial charge is 0.232 e. The molecule has 1 aromatic rings. The van der Waals surface area contributed by atoms with E-state index in [9.17, 15) is 8.42 Å². The number of nitrogens with one attached hydrogen (secondary N) is 2. The van der Waals surface area contributed by atoms with Crippen molar-refractivity contribution in [2.75, 3.05) is 17.0 Å². The van der Waals surface area contributed by atoms with Crippen molar-refractivity contribution in [3.05, 3.63) is 27.7 Å². The predicted octanol–water partition coefficient (Wildman–Crippen LogP) is 3.62. The molecule has 0 aromatic heterocycles. The van der Waals surface area contributed by atoms with Gasteiger partial charge in [-0.25, -0.2) is 8.42 Å². The lowest BCUT2D eigenvalue weighted by molar-refractivity contribution is 0.561. The monoisotopic (exact) mass is 382 g/mol. The van der Waals surface area contributed by atoms with Crippen LogP contribution >= 0.6 is 27.5 Å². The van der Waals surface area contributed by atoms with E-state index in [0.717, 1.165) is 13.0 Å². The molecule has 0 aliphatic carbocycles. The zero-order chi connectivity index (χ0) is 15.2. The quantitative estimate of drug-likeness (QED) is 0.674. The second-order valence-electron chi connectivity index (χ2n) is 4.86. The maximum atomic E-state index is 11.9. The Labute approximate surface area is 134 Å². The third kappa shape index (κ3) is 6.92. The van der Waals surface area contributed by atoms with Crippen molar-refractivity contribution in [1.29, 1.82) is 0 Å². The largest absolute Gasteiger partial charge is 0.315 e. The van der Waals surface area contributed by atoms with E-state index < -0.39 is 10.0 Å². The van der Waals surface area contributed by atoms with Gasteiger partial charge < -0.3 is 5.32 Å². The summed E-state index contributed by atoms with van der Waals surface area (Å²) in [6, 6.07) is 5.38. The summed E-state index contributed by atoms with van der Waals surface area (Å²) in [5, 5.41) is 3.81. The molecular formula is C13H20BrClN2O2S. The Bertz CT molecular complexity index is 535. The lowest BCUT2D eigenvalue weighted by atomic mass is 10.3. The molecule has 2 N–H and O–H groups in total. The highest BCUT2D eigenvalue weighted by atomic mass is 79.9. The van der Waals surface area contributed by atoms with Gasteiger partial charge in [-0.15, -0.1) is 0 Å². The molecule has 0 aliphatic rings. The van der Waals surface area contributed by atoms with Crippen molar-refractivity contribution >= 4 is 43.2 Å². The zero-order valence-electron chi connectivity index (χ0n) is 11.6. The first kappa shape index (κ1) is 17.8. The summed E-state index contributed by atoms with van der Waals surface area (Å²) in [7, 11) is -3.32. The Morgan fingerprint density at radius 2 is 2.00 bits per heavy atom. The topological polar surface area (TPSA) is 58.2 Å². The molecule has 0 saturated heterocycles. The highest BCUT2D eigenvalue weighted by molar-refractivity contribution is 9.10. The Morgan fingerprint density at radius 3 is 2.60 bits per heavy atom. The van der Waals surface area contributed by atoms with E-state index in [-0.39, 0.29) is 5.75 Å². The van der Waals surface area contributed by atoms with Gasteiger partial charge in [-0.1, -0.05) is 25.4 Å². The first-order chi connectivity index (χ1) is 9.30. The van der Waals surface area contributed by atoms with Crippen LogP contribution in [0.5, 0.6) is 0 Å². The second kappa shape index (κ2) is 8.22. The average molecular weight is 384 g/mol. The third-order valence-electron chi connectivity index (χ3n) is 2.59. The van der Waals surface area contributed by atoms with Crippen molar-refractivity contribution in [3.8, 4) is 0 Å². The second-order valence-corrected chi connectivity index (χ2v) is 7.99. The Morgan fingerprint density at radius 1 is 1.30 bits per heavy atom. The molecule has 0 saturated carbocycles. The SMILES string of the molecule is CC(C)NCCCCS(=O)(=O)Nc1ccc(Cl)cc1Br. The predicted molar refractivity (Wildman–Crippen MR) is 88.9 cm³/mol. The molecule has 1 rings (SSSR count). The van der Waals surface area contributed by atoms with Gasteiger partial charge in [-0.3, -0.25) is 4.72 Å². The maximum absolute atomic E-state index is 11.9. The van der Waals surface area contributed by atoms with Crippen LogP contribution < -0.4 is 10.0 Å². The highest BCUT2D eigenvalue weighted by Gasteiger charge is 2.12. The average Bonchev–Trinajstić information content (AvgIpc) is 2.32. The number of rotatable bonds is 8. The summed E-state index contributed by atoms with van der Waals surface area (Å²) in [5.74, 6) is 0.113. The number of hydrogen-bond acceptors (Lipinski definition) is 3. The summed E-state index contributed by atoms with van der Waals surface area (Å²) in [6.45, 7) is 4.96. The molecule has 4 nitrogen and oxygen atoms in total. The molecule has 0 aliphatic heterocycles. The van der Waals surface area contributed by atoms with Crippen molar-refractivity contribution in [2.45, 2.75) is 32.7 Å². The minimum Gasteiger partial charge on any atom is -0.315 e. The summed E-state index contributed by atoms with van der Waals surface area (Å²) < 4.78 is 27.1. The van der Waals surface area contributed by atoms with Crippen molar-refractivity contribution < 1.29 is 8.42 Å². The van der Waals surface area contributed by atoms with Crippen molar-refractivity contribution in [1.82, 2.24) is 5.32 Å². The molecule has 0 atom stereocenters. The molecule has 1 aromatic carbocycles. The van der Waals surface area contributed by atoms with Gasteiger partial charge in [-0.05, 0) is 53.5 Å². The van der Waals surface area contributed by atoms with E-state index >= 15 is 0 Å². The lowest BCUT2D eigenvalue weighted by Crippen LogP contribution is -2.24.